The van der Waals surface area contributed by atoms with Gasteiger partial charge in [-0.1, -0.05) is 47.6 Å². The van der Waals surface area contributed by atoms with Crippen LogP contribution in [0.5, 0.6) is 17.5 Å². The van der Waals surface area contributed by atoms with E-state index in [4.69, 9.17) is 14.2 Å². The van der Waals surface area contributed by atoms with Gasteiger partial charge in [0.05, 0.1) is 48.7 Å². The predicted molar refractivity (Wildman–Crippen MR) is 207 cm³/mol. The van der Waals surface area contributed by atoms with Crippen LogP contribution >= 0.6 is 0 Å². The molecule has 0 radical (unpaired) electrons. The zero-order chi connectivity index (χ0) is 40.5. The molecule has 14 heteroatoms. The zero-order valence-corrected chi connectivity index (χ0v) is 32.1. The van der Waals surface area contributed by atoms with E-state index in [0.29, 0.717) is 22.3 Å². The van der Waals surface area contributed by atoms with Gasteiger partial charge in [0.15, 0.2) is 11.9 Å². The zero-order valence-electron chi connectivity index (χ0n) is 32.1. The number of halogens is 2. The smallest absolute Gasteiger partial charge is 0.232 e. The minimum absolute atomic E-state index is 0.0102. The molecule has 1 atom stereocenters. The standard InChI is InChI=1S/C42H40F2N6O6/c1-41(2,3)39(52)47-24-10-12-28(43)26(18-24)37(51)23-16-32-36(46-21-35(50-32)55-8)33(17-23)56-38(22-9-14-30-31(15-22)49-34(54-7)20-45-30)27-19-25(11-13-29(27)44)48-40(53)42(4,5)6/h9-21,38H,1-8H3,(H,47,52)(H,48,53). The number of nitrogens with zero attached hydrogens (tertiary/aromatic N) is 4. The number of hydrogen-bond acceptors (Lipinski definition) is 10. The third-order valence-corrected chi connectivity index (χ3v) is 8.73. The minimum Gasteiger partial charge on any atom is -0.480 e. The highest BCUT2D eigenvalue weighted by molar-refractivity contribution is 6.12. The molecule has 0 saturated heterocycles. The fourth-order valence-corrected chi connectivity index (χ4v) is 5.50. The maximum atomic E-state index is 16.1. The molecule has 56 heavy (non-hydrogen) atoms. The van der Waals surface area contributed by atoms with E-state index < -0.39 is 34.4 Å². The molecule has 2 aromatic heterocycles. The summed E-state index contributed by atoms with van der Waals surface area (Å²) in [7, 11) is 2.86. The molecule has 0 aliphatic rings. The van der Waals surface area contributed by atoms with E-state index in [1.54, 1.807) is 59.7 Å². The lowest BCUT2D eigenvalue weighted by atomic mass is 9.95. The molecule has 2 N–H and O–H groups in total. The van der Waals surface area contributed by atoms with Crippen LogP contribution in [0.4, 0.5) is 20.2 Å². The normalized spacial score (nSPS) is 12.2. The van der Waals surface area contributed by atoms with Crippen LogP contribution in [0, 0.1) is 22.5 Å². The molecule has 0 fully saturated rings. The number of aromatic nitrogens is 4. The van der Waals surface area contributed by atoms with Crippen molar-refractivity contribution in [1.82, 2.24) is 19.9 Å². The lowest BCUT2D eigenvalue weighted by Gasteiger charge is -2.23. The molecule has 0 aliphatic carbocycles. The third kappa shape index (κ3) is 8.38. The number of rotatable bonds is 10. The topological polar surface area (TPSA) is 155 Å². The second kappa shape index (κ2) is 15.3. The fourth-order valence-electron chi connectivity index (χ4n) is 5.50. The van der Waals surface area contributed by atoms with Crippen LogP contribution < -0.4 is 24.8 Å². The van der Waals surface area contributed by atoms with Crippen LogP contribution in [0.3, 0.4) is 0 Å². The van der Waals surface area contributed by atoms with E-state index in [1.165, 1.54) is 69.1 Å². The number of methoxy groups -OCH3 is 2. The molecule has 2 amide bonds. The van der Waals surface area contributed by atoms with Crippen LogP contribution in [0.2, 0.25) is 0 Å². The van der Waals surface area contributed by atoms with Crippen molar-refractivity contribution in [3.8, 4) is 17.5 Å². The monoisotopic (exact) mass is 762 g/mol. The average Bonchev–Trinajstić information content (AvgIpc) is 3.16. The minimum atomic E-state index is -1.25. The number of fused-ring (bicyclic) bond motifs is 2. The Labute approximate surface area is 321 Å². The van der Waals surface area contributed by atoms with Crippen molar-refractivity contribution in [1.29, 1.82) is 0 Å². The molecule has 4 aromatic carbocycles. The van der Waals surface area contributed by atoms with Gasteiger partial charge in [-0.25, -0.2) is 28.7 Å². The van der Waals surface area contributed by atoms with Gasteiger partial charge in [-0.3, -0.25) is 14.4 Å². The molecular formula is C42H40F2N6O6. The Balaban J connectivity index is 1.52. The van der Waals surface area contributed by atoms with Crippen LogP contribution in [0.15, 0.2) is 79.1 Å². The second-order valence-electron chi connectivity index (χ2n) is 15.1. The lowest BCUT2D eigenvalue weighted by molar-refractivity contribution is -0.123. The van der Waals surface area contributed by atoms with E-state index in [9.17, 15) is 14.4 Å². The summed E-state index contributed by atoms with van der Waals surface area (Å²) in [5.41, 5.74) is 0.368. The molecule has 0 bridgehead atoms. The number of carbonyl (C=O) groups excluding carboxylic acids is 3. The Morgan fingerprint density at radius 2 is 1.25 bits per heavy atom. The summed E-state index contributed by atoms with van der Waals surface area (Å²) in [5, 5.41) is 5.56. The molecule has 0 aliphatic heterocycles. The fraction of sp³-hybridized carbons (Fsp3) is 0.262. The summed E-state index contributed by atoms with van der Waals surface area (Å²) in [6.45, 7) is 10.4. The predicted octanol–water partition coefficient (Wildman–Crippen LogP) is 8.24. The van der Waals surface area contributed by atoms with Crippen LogP contribution in [0.25, 0.3) is 22.1 Å². The van der Waals surface area contributed by atoms with Gasteiger partial charge in [0.2, 0.25) is 23.6 Å². The number of carbonyl (C=O) groups is 3. The van der Waals surface area contributed by atoms with Gasteiger partial charge in [-0.2, -0.15) is 0 Å². The maximum absolute atomic E-state index is 16.1. The Morgan fingerprint density at radius 1 is 0.661 bits per heavy atom. The summed E-state index contributed by atoms with van der Waals surface area (Å²) in [4.78, 5) is 57.7. The lowest BCUT2D eigenvalue weighted by Crippen LogP contribution is -2.27. The molecule has 6 aromatic rings. The highest BCUT2D eigenvalue weighted by atomic mass is 19.1. The van der Waals surface area contributed by atoms with Crippen molar-refractivity contribution in [3.05, 3.63) is 113 Å². The highest BCUT2D eigenvalue weighted by Gasteiger charge is 2.28. The van der Waals surface area contributed by atoms with Crippen molar-refractivity contribution in [2.45, 2.75) is 47.6 Å². The van der Waals surface area contributed by atoms with Crippen molar-refractivity contribution >= 4 is 51.0 Å². The van der Waals surface area contributed by atoms with Crippen molar-refractivity contribution in [3.63, 3.8) is 0 Å². The van der Waals surface area contributed by atoms with Gasteiger partial charge in [0.25, 0.3) is 0 Å². The van der Waals surface area contributed by atoms with E-state index in [1.807, 2.05) is 0 Å². The Hall–Kier alpha value is -6.57. The summed E-state index contributed by atoms with van der Waals surface area (Å²) < 4.78 is 48.7. The van der Waals surface area contributed by atoms with Gasteiger partial charge in [-0.05, 0) is 66.2 Å². The molecule has 6 rings (SSSR count). The molecule has 12 nitrogen and oxygen atoms in total. The number of ketones is 1. The molecular weight excluding hydrogens is 722 g/mol. The Morgan fingerprint density at radius 3 is 1.88 bits per heavy atom. The molecule has 288 valence electrons. The SMILES string of the molecule is COc1cnc2ccc(C(Oc3cc(C(=O)c4cc(NC(=O)C(C)(C)C)ccc4F)cc4nc(OC)cnc34)c3cc(NC(=O)C(C)(C)C)ccc3F)cc2n1. The molecule has 0 spiro atoms. The van der Waals surface area contributed by atoms with Crippen molar-refractivity contribution in [2.75, 3.05) is 24.9 Å². The Bertz CT molecular complexity index is 2510. The van der Waals surface area contributed by atoms with Crippen LogP contribution in [-0.4, -0.2) is 51.8 Å². The second-order valence-corrected chi connectivity index (χ2v) is 15.1. The first kappa shape index (κ1) is 39.1. The van der Waals surface area contributed by atoms with Gasteiger partial charge in [0.1, 0.15) is 22.9 Å². The number of amides is 2. The molecule has 0 saturated carbocycles. The maximum Gasteiger partial charge on any atom is 0.232 e. The summed E-state index contributed by atoms with van der Waals surface area (Å²) in [6, 6.07) is 15.6. The van der Waals surface area contributed by atoms with Gasteiger partial charge in [0, 0.05) is 33.3 Å². The number of hydrogen-bond donors (Lipinski definition) is 2. The number of ether oxygens (including phenoxy) is 3. The van der Waals surface area contributed by atoms with Crippen LogP contribution in [0.1, 0.15) is 74.7 Å². The first-order valence-corrected chi connectivity index (χ1v) is 17.5. The van der Waals surface area contributed by atoms with Gasteiger partial charge >= 0.3 is 0 Å². The largest absolute Gasteiger partial charge is 0.480 e. The van der Waals surface area contributed by atoms with E-state index >= 15 is 8.78 Å². The van der Waals surface area contributed by atoms with E-state index in [2.05, 4.69) is 30.6 Å². The van der Waals surface area contributed by atoms with E-state index in [0.717, 1.165) is 6.07 Å². The van der Waals surface area contributed by atoms with Crippen molar-refractivity contribution < 1.29 is 37.4 Å². The summed E-state index contributed by atoms with van der Waals surface area (Å²) in [5.74, 6) is -2.51. The molecule has 1 unspecified atom stereocenters. The number of nitrogens with one attached hydrogen (secondary N) is 2. The summed E-state index contributed by atoms with van der Waals surface area (Å²) in [6.07, 6.45) is 1.58. The van der Waals surface area contributed by atoms with Gasteiger partial charge in [-0.15, -0.1) is 0 Å². The Kier molecular flexibility index (Phi) is 10.7. The number of benzene rings is 4. The van der Waals surface area contributed by atoms with Crippen LogP contribution in [-0.2, 0) is 9.59 Å². The molecule has 2 heterocycles. The third-order valence-electron chi connectivity index (χ3n) is 8.73. The first-order chi connectivity index (χ1) is 26.4. The summed E-state index contributed by atoms with van der Waals surface area (Å²) >= 11 is 0. The highest BCUT2D eigenvalue weighted by Crippen LogP contribution is 2.37. The first-order valence-electron chi connectivity index (χ1n) is 17.5. The average molecular weight is 763 g/mol. The van der Waals surface area contributed by atoms with Crippen molar-refractivity contribution in [2.24, 2.45) is 10.8 Å². The van der Waals surface area contributed by atoms with E-state index in [-0.39, 0.29) is 62.7 Å². The van der Waals surface area contributed by atoms with Gasteiger partial charge < -0.3 is 24.8 Å². The quantitative estimate of drug-likeness (QED) is 0.130. The number of anilines is 2.